The monoisotopic (exact) mass is 223 g/mol. The Bertz CT molecular complexity index is 340. The fraction of sp³-hybridized carbons (Fsp3) is 0.500. The molecule has 0 bridgehead atoms. The van der Waals surface area contributed by atoms with Crippen molar-refractivity contribution in [3.8, 4) is 0 Å². The molecule has 1 N–H and O–H groups in total. The van der Waals surface area contributed by atoms with E-state index in [-0.39, 0.29) is 0 Å². The minimum absolute atomic E-state index is 0.577. The van der Waals surface area contributed by atoms with Crippen LogP contribution in [0.2, 0.25) is 0 Å². The van der Waals surface area contributed by atoms with Crippen LogP contribution in [0.25, 0.3) is 0 Å². The Hall–Kier alpha value is -0.670. The molecule has 2 rings (SSSR count). The van der Waals surface area contributed by atoms with Gasteiger partial charge in [0.1, 0.15) is 0 Å². The number of hydrogen-bond donors (Lipinski definition) is 1. The molecule has 0 radical (unpaired) electrons. The number of hydrogen-bond acceptors (Lipinski definition) is 2. The van der Waals surface area contributed by atoms with Crippen LogP contribution in [0.3, 0.4) is 0 Å². The Balaban J connectivity index is 2.03. The first-order valence-electron chi connectivity index (χ1n) is 5.56. The average Bonchev–Trinajstić information content (AvgIpc) is 2.61. The molecule has 1 aliphatic heterocycles. The van der Waals surface area contributed by atoms with Crippen LogP contribution in [0.1, 0.15) is 31.7 Å². The summed E-state index contributed by atoms with van der Waals surface area (Å²) in [7, 11) is 0. The Morgan fingerprint density at radius 2 is 2.27 bits per heavy atom. The molecule has 3 heteroatoms. The van der Waals surface area contributed by atoms with Gasteiger partial charge in [0.15, 0.2) is 10.8 Å². The number of unbranched alkanes of at least 4 members (excludes halogenated alkanes) is 2. The first kappa shape index (κ1) is 10.8. The van der Waals surface area contributed by atoms with Crippen molar-refractivity contribution >= 4 is 16.9 Å². The Morgan fingerprint density at radius 3 is 3.07 bits per heavy atom. The average molecular weight is 223 g/mol. The summed E-state index contributed by atoms with van der Waals surface area (Å²) < 4.78 is 11.5. The van der Waals surface area contributed by atoms with E-state index in [0.29, 0.717) is 5.88 Å². The molecule has 0 aliphatic carbocycles. The van der Waals surface area contributed by atoms with Crippen molar-refractivity contribution in [3.63, 3.8) is 0 Å². The second-order valence-corrected chi connectivity index (χ2v) is 5.37. The van der Waals surface area contributed by atoms with Crippen LogP contribution in [0.5, 0.6) is 0 Å². The molecule has 1 aromatic carbocycles. The summed E-state index contributed by atoms with van der Waals surface area (Å²) in [4.78, 5) is 0.967. The van der Waals surface area contributed by atoms with E-state index >= 15 is 0 Å². The van der Waals surface area contributed by atoms with Crippen LogP contribution in [0, 0.1) is 0 Å². The normalized spacial score (nSPS) is 18.7. The maximum absolute atomic E-state index is 11.5. The predicted molar refractivity (Wildman–Crippen MR) is 64.6 cm³/mol. The van der Waals surface area contributed by atoms with Crippen molar-refractivity contribution < 1.29 is 4.55 Å². The SMILES string of the molecule is CCCCCc1ccc2c(c1)NC[S+]2[O-]. The van der Waals surface area contributed by atoms with Gasteiger partial charge < -0.3 is 9.87 Å². The number of fused-ring (bicyclic) bond motifs is 1. The minimum atomic E-state index is -0.824. The quantitative estimate of drug-likeness (QED) is 0.629. The first-order chi connectivity index (χ1) is 7.31. The van der Waals surface area contributed by atoms with Gasteiger partial charge in [-0.05, 0) is 30.5 Å². The predicted octanol–water partition coefficient (Wildman–Crippen LogP) is 2.91. The number of nitrogens with one attached hydrogen (secondary N) is 1. The maximum Gasteiger partial charge on any atom is 0.181 e. The van der Waals surface area contributed by atoms with Crippen LogP contribution in [0.4, 0.5) is 5.69 Å². The molecule has 0 spiro atoms. The topological polar surface area (TPSA) is 35.1 Å². The van der Waals surface area contributed by atoms with Gasteiger partial charge in [0.05, 0.1) is 5.69 Å². The third kappa shape index (κ3) is 2.47. The van der Waals surface area contributed by atoms with Crippen molar-refractivity contribution in [3.05, 3.63) is 23.8 Å². The van der Waals surface area contributed by atoms with Gasteiger partial charge in [0, 0.05) is 11.2 Å². The zero-order chi connectivity index (χ0) is 10.7. The number of aryl methyl sites for hydroxylation is 1. The van der Waals surface area contributed by atoms with Crippen LogP contribution >= 0.6 is 0 Å². The Morgan fingerprint density at radius 1 is 1.40 bits per heavy atom. The van der Waals surface area contributed by atoms with Gasteiger partial charge in [-0.3, -0.25) is 0 Å². The zero-order valence-electron chi connectivity index (χ0n) is 9.08. The standard InChI is InChI=1S/C12H17NOS/c1-2-3-4-5-10-6-7-12-11(8-10)13-9-15(12)14/h6-8,13H,2-5,9H2,1H3. The van der Waals surface area contributed by atoms with Crippen LogP contribution in [-0.2, 0) is 17.6 Å². The van der Waals surface area contributed by atoms with E-state index < -0.39 is 11.2 Å². The first-order valence-corrected chi connectivity index (χ1v) is 6.88. The van der Waals surface area contributed by atoms with Gasteiger partial charge in [-0.2, -0.15) is 0 Å². The number of benzene rings is 1. The zero-order valence-corrected chi connectivity index (χ0v) is 9.90. The van der Waals surface area contributed by atoms with E-state index in [1.165, 1.54) is 24.8 Å². The van der Waals surface area contributed by atoms with Gasteiger partial charge in [0.2, 0.25) is 0 Å². The van der Waals surface area contributed by atoms with E-state index in [1.54, 1.807) is 0 Å². The Kier molecular flexibility index (Phi) is 3.54. The molecule has 1 heterocycles. The molecule has 0 aromatic heterocycles. The number of anilines is 1. The molecule has 15 heavy (non-hydrogen) atoms. The largest absolute Gasteiger partial charge is 0.610 e. The van der Waals surface area contributed by atoms with Crippen LogP contribution in [-0.4, -0.2) is 10.4 Å². The molecule has 1 aromatic rings. The summed E-state index contributed by atoms with van der Waals surface area (Å²) in [5.74, 6) is 0.577. The third-order valence-electron chi connectivity index (χ3n) is 2.75. The van der Waals surface area contributed by atoms with Gasteiger partial charge in [0.25, 0.3) is 0 Å². The summed E-state index contributed by atoms with van der Waals surface area (Å²) >= 11 is -0.824. The van der Waals surface area contributed by atoms with E-state index in [0.717, 1.165) is 17.0 Å². The highest BCUT2D eigenvalue weighted by molar-refractivity contribution is 7.92. The van der Waals surface area contributed by atoms with Crippen LogP contribution in [0.15, 0.2) is 23.1 Å². The molecule has 1 aliphatic rings. The highest BCUT2D eigenvalue weighted by Gasteiger charge is 2.23. The molecule has 1 atom stereocenters. The van der Waals surface area contributed by atoms with E-state index in [1.807, 2.05) is 6.07 Å². The van der Waals surface area contributed by atoms with Crippen LogP contribution < -0.4 is 5.32 Å². The van der Waals surface area contributed by atoms with Gasteiger partial charge in [-0.1, -0.05) is 25.8 Å². The summed E-state index contributed by atoms with van der Waals surface area (Å²) in [5, 5.41) is 3.18. The molecular formula is C12H17NOS. The molecule has 82 valence electrons. The highest BCUT2D eigenvalue weighted by atomic mass is 32.2. The van der Waals surface area contributed by atoms with Gasteiger partial charge >= 0.3 is 0 Å². The lowest BCUT2D eigenvalue weighted by molar-refractivity contribution is 0.600. The van der Waals surface area contributed by atoms with Crippen molar-refractivity contribution in [2.45, 2.75) is 37.5 Å². The molecule has 0 saturated heterocycles. The molecule has 2 nitrogen and oxygen atoms in total. The summed E-state index contributed by atoms with van der Waals surface area (Å²) in [5.41, 5.74) is 2.43. The van der Waals surface area contributed by atoms with Gasteiger partial charge in [-0.15, -0.1) is 0 Å². The molecule has 0 fully saturated rings. The summed E-state index contributed by atoms with van der Waals surface area (Å²) in [6.45, 7) is 2.22. The van der Waals surface area contributed by atoms with Crippen molar-refractivity contribution in [2.24, 2.45) is 0 Å². The number of rotatable bonds is 4. The lowest BCUT2D eigenvalue weighted by Crippen LogP contribution is -2.02. The third-order valence-corrected chi connectivity index (χ3v) is 4.01. The lowest BCUT2D eigenvalue weighted by atomic mass is 10.1. The Labute approximate surface area is 94.3 Å². The van der Waals surface area contributed by atoms with E-state index in [9.17, 15) is 4.55 Å². The fourth-order valence-electron chi connectivity index (χ4n) is 1.87. The van der Waals surface area contributed by atoms with E-state index in [4.69, 9.17) is 0 Å². The molecular weight excluding hydrogens is 206 g/mol. The fourth-order valence-corrected chi connectivity index (χ4v) is 2.91. The molecule has 0 amide bonds. The van der Waals surface area contributed by atoms with Crippen molar-refractivity contribution in [1.82, 2.24) is 0 Å². The van der Waals surface area contributed by atoms with Gasteiger partial charge in [-0.25, -0.2) is 0 Å². The maximum atomic E-state index is 11.5. The van der Waals surface area contributed by atoms with Crippen molar-refractivity contribution in [1.29, 1.82) is 0 Å². The highest BCUT2D eigenvalue weighted by Crippen LogP contribution is 2.29. The second kappa shape index (κ2) is 4.90. The van der Waals surface area contributed by atoms with Crippen molar-refractivity contribution in [2.75, 3.05) is 11.2 Å². The summed E-state index contributed by atoms with van der Waals surface area (Å²) in [6.07, 6.45) is 4.93. The smallest absolute Gasteiger partial charge is 0.181 e. The minimum Gasteiger partial charge on any atom is -0.610 e. The van der Waals surface area contributed by atoms with E-state index in [2.05, 4.69) is 24.4 Å². The molecule has 0 saturated carbocycles. The summed E-state index contributed by atoms with van der Waals surface area (Å²) in [6, 6.07) is 6.27. The lowest BCUT2D eigenvalue weighted by Gasteiger charge is -2.03. The molecule has 1 unspecified atom stereocenters. The second-order valence-electron chi connectivity index (χ2n) is 3.95.